The number of aliphatic hydroxyl groups excluding tert-OH is 1. The second-order valence-corrected chi connectivity index (χ2v) is 24.9. The summed E-state index contributed by atoms with van der Waals surface area (Å²) in [6.45, 7) is 0. The van der Waals surface area contributed by atoms with Crippen LogP contribution < -0.4 is 0 Å². The van der Waals surface area contributed by atoms with Crippen LogP contribution in [0.25, 0.3) is 66.8 Å². The van der Waals surface area contributed by atoms with Crippen molar-refractivity contribution in [3.63, 3.8) is 0 Å². The maximum Gasteiger partial charge on any atom is 0.136 e. The van der Waals surface area contributed by atoms with Gasteiger partial charge in [0.2, 0.25) is 0 Å². The Balaban J connectivity index is 1.24. The zero-order chi connectivity index (χ0) is 52.2. The molecule has 0 aliphatic carbocycles. The lowest BCUT2D eigenvalue weighted by Crippen LogP contribution is -2.48. The number of Topliss-reactive ketones (excluding diaryl/α,β-unsaturated/α-hetero) is 1. The fourth-order valence-corrected chi connectivity index (χ4v) is 17.0. The topological polar surface area (TPSA) is 37.3 Å². The van der Waals surface area contributed by atoms with Gasteiger partial charge in [-0.25, -0.2) is 0 Å². The van der Waals surface area contributed by atoms with Crippen molar-refractivity contribution < 1.29 is 9.90 Å². The Morgan fingerprint density at radius 3 is 0.831 bits per heavy atom. The van der Waals surface area contributed by atoms with Gasteiger partial charge in [-0.3, -0.25) is 4.79 Å². The fraction of sp³-hybridized carbons (Fsp3) is 0.0946. The van der Waals surface area contributed by atoms with Gasteiger partial charge in [-0.1, -0.05) is 297 Å². The van der Waals surface area contributed by atoms with E-state index >= 15 is 4.79 Å². The summed E-state index contributed by atoms with van der Waals surface area (Å²) in [5, 5.41) is 12.8. The molecule has 0 aromatic heterocycles. The first-order chi connectivity index (χ1) is 38.0. The first-order valence-corrected chi connectivity index (χ1v) is 29.8. The summed E-state index contributed by atoms with van der Waals surface area (Å²) in [5.74, 6) is -0.632. The van der Waals surface area contributed by atoms with Gasteiger partial charge in [0, 0.05) is 6.04 Å². The number of carbonyl (C=O) groups is 1. The second-order valence-electron chi connectivity index (χ2n) is 20.5. The molecule has 0 aliphatic heterocycles. The number of rotatable bonds is 19. The monoisotopic (exact) mass is 1010 g/mol. The van der Waals surface area contributed by atoms with Crippen LogP contribution in [0, 0.1) is 5.92 Å². The molecule has 0 bridgehead atoms. The maximum atomic E-state index is 16.8. The standard InChI is InChI=1S/C74H62O2Si/c75-73(69(50-55-28-9-1-10-29-55)74(76)62-42-23-8-24-43-62)54-77(51-70-63(56-30-11-2-12-31-56)44-25-45-64(70)57-32-13-3-14-33-57,52-71-65(58-34-15-4-16-35-58)46-26-47-66(71)59-36-17-5-18-37-59)53-72-67(60-38-19-6-20-39-60)48-27-49-68(72)61-40-21-7-22-41-61/h1-49,69,74,76H,50-54H2. The lowest BCUT2D eigenvalue weighted by atomic mass is 9.87. The molecule has 1 N–H and O–H groups in total. The smallest absolute Gasteiger partial charge is 0.136 e. The summed E-state index contributed by atoms with van der Waals surface area (Å²) in [7, 11) is -3.35. The Morgan fingerprint density at radius 1 is 0.312 bits per heavy atom. The number of hydrogen-bond acceptors (Lipinski definition) is 2. The van der Waals surface area contributed by atoms with E-state index in [-0.39, 0.29) is 5.78 Å². The van der Waals surface area contributed by atoms with Crippen LogP contribution in [0.4, 0.5) is 0 Å². The van der Waals surface area contributed by atoms with Gasteiger partial charge in [0.25, 0.3) is 0 Å². The molecule has 11 aromatic carbocycles. The molecule has 77 heavy (non-hydrogen) atoms. The predicted octanol–water partition coefficient (Wildman–Crippen LogP) is 17.9. The third-order valence-corrected chi connectivity index (χ3v) is 19.9. The van der Waals surface area contributed by atoms with Gasteiger partial charge in [0.1, 0.15) is 5.78 Å². The molecule has 0 fully saturated rings. The van der Waals surface area contributed by atoms with Crippen LogP contribution in [0.1, 0.15) is 33.9 Å². The highest BCUT2D eigenvalue weighted by Crippen LogP contribution is 2.45. The van der Waals surface area contributed by atoms with Crippen LogP contribution in [-0.4, -0.2) is 19.0 Å². The van der Waals surface area contributed by atoms with Crippen molar-refractivity contribution in [3.8, 4) is 66.8 Å². The van der Waals surface area contributed by atoms with Crippen molar-refractivity contribution >= 4 is 13.9 Å². The Kier molecular flexibility index (Phi) is 15.6. The molecular formula is C74H62O2Si. The fourth-order valence-electron chi connectivity index (χ4n) is 11.8. The summed E-state index contributed by atoms with van der Waals surface area (Å²) in [6.07, 6.45) is -0.623. The van der Waals surface area contributed by atoms with E-state index in [1.54, 1.807) is 0 Å². The van der Waals surface area contributed by atoms with Gasteiger partial charge in [0.15, 0.2) is 0 Å². The van der Waals surface area contributed by atoms with Crippen LogP contribution in [0.3, 0.4) is 0 Å². The first-order valence-electron chi connectivity index (χ1n) is 27.0. The van der Waals surface area contributed by atoms with Crippen molar-refractivity contribution in [1.82, 2.24) is 0 Å². The minimum absolute atomic E-state index is 0.0900. The minimum atomic E-state index is -3.35. The summed E-state index contributed by atoms with van der Waals surface area (Å²) in [6, 6.07) is 108. The predicted molar refractivity (Wildman–Crippen MR) is 324 cm³/mol. The lowest BCUT2D eigenvalue weighted by Gasteiger charge is -2.38. The maximum absolute atomic E-state index is 16.8. The highest BCUT2D eigenvalue weighted by atomic mass is 28.3. The van der Waals surface area contributed by atoms with E-state index in [4.69, 9.17) is 0 Å². The number of aliphatic hydroxyl groups is 1. The summed E-state index contributed by atoms with van der Waals surface area (Å²) >= 11 is 0. The highest BCUT2D eigenvalue weighted by Gasteiger charge is 2.43. The van der Waals surface area contributed by atoms with E-state index in [1.165, 1.54) is 50.1 Å². The van der Waals surface area contributed by atoms with Crippen LogP contribution in [0.5, 0.6) is 0 Å². The molecule has 2 atom stereocenters. The molecule has 374 valence electrons. The number of ketones is 1. The molecule has 2 unspecified atom stereocenters. The van der Waals surface area contributed by atoms with Crippen LogP contribution in [-0.2, 0) is 29.3 Å². The molecule has 11 aromatic rings. The first kappa shape index (κ1) is 50.4. The zero-order valence-corrected chi connectivity index (χ0v) is 44.3. The van der Waals surface area contributed by atoms with E-state index in [1.807, 2.05) is 48.5 Å². The van der Waals surface area contributed by atoms with E-state index in [9.17, 15) is 5.11 Å². The van der Waals surface area contributed by atoms with Crippen molar-refractivity contribution in [2.75, 3.05) is 0 Å². The summed E-state index contributed by atoms with van der Waals surface area (Å²) in [5.41, 5.74) is 19.3. The number of benzene rings is 11. The summed E-state index contributed by atoms with van der Waals surface area (Å²) < 4.78 is 0. The molecule has 0 heterocycles. The number of carbonyl (C=O) groups excluding carboxylic acids is 1. The quantitative estimate of drug-likeness (QED) is 0.0820. The highest BCUT2D eigenvalue weighted by molar-refractivity contribution is 6.81. The SMILES string of the molecule is O=C(C[Si](Cc1c(-c2ccccc2)cccc1-c1ccccc1)(Cc1c(-c2ccccc2)cccc1-c1ccccc1)Cc1c(-c2ccccc2)cccc1-c1ccccc1)C(Cc1ccccc1)C(O)c1ccccc1. The lowest BCUT2D eigenvalue weighted by molar-refractivity contribution is -0.124. The van der Waals surface area contributed by atoms with Gasteiger partial charge in [-0.05, 0) is 119 Å². The van der Waals surface area contributed by atoms with Gasteiger partial charge >= 0.3 is 0 Å². The Bertz CT molecular complexity index is 3180. The van der Waals surface area contributed by atoms with Gasteiger partial charge in [0.05, 0.1) is 20.1 Å². The van der Waals surface area contributed by atoms with E-state index in [2.05, 4.69) is 249 Å². The van der Waals surface area contributed by atoms with Crippen molar-refractivity contribution in [1.29, 1.82) is 0 Å². The Labute approximate surface area is 455 Å². The third kappa shape index (κ3) is 11.6. The second kappa shape index (κ2) is 23.9. The van der Waals surface area contributed by atoms with Crippen molar-refractivity contribution in [3.05, 3.63) is 325 Å². The average Bonchev–Trinajstić information content (AvgIpc) is 3.52. The van der Waals surface area contributed by atoms with E-state index in [0.717, 1.165) is 44.5 Å². The molecule has 0 spiro atoms. The van der Waals surface area contributed by atoms with E-state index < -0.39 is 20.1 Å². The van der Waals surface area contributed by atoms with Crippen molar-refractivity contribution in [2.45, 2.75) is 36.7 Å². The Hall–Kier alpha value is -8.73. The van der Waals surface area contributed by atoms with Gasteiger partial charge in [-0.2, -0.15) is 0 Å². The molecule has 11 rings (SSSR count). The van der Waals surface area contributed by atoms with Crippen molar-refractivity contribution in [2.24, 2.45) is 5.92 Å². The third-order valence-electron chi connectivity index (χ3n) is 15.5. The molecule has 0 amide bonds. The molecule has 0 radical (unpaired) electrons. The molecule has 0 saturated carbocycles. The molecule has 3 heteroatoms. The van der Waals surface area contributed by atoms with Crippen LogP contribution in [0.2, 0.25) is 6.04 Å². The Morgan fingerprint density at radius 2 is 0.558 bits per heavy atom. The number of hydrogen-bond donors (Lipinski definition) is 1. The normalized spacial score (nSPS) is 12.2. The van der Waals surface area contributed by atoms with E-state index in [0.29, 0.717) is 30.6 Å². The van der Waals surface area contributed by atoms with Gasteiger partial charge < -0.3 is 5.11 Å². The van der Waals surface area contributed by atoms with Crippen LogP contribution in [0.15, 0.2) is 297 Å². The summed E-state index contributed by atoms with van der Waals surface area (Å²) in [4.78, 5) is 16.8. The van der Waals surface area contributed by atoms with Crippen LogP contribution >= 0.6 is 0 Å². The molecule has 0 saturated heterocycles. The molecule has 0 aliphatic rings. The molecule has 2 nitrogen and oxygen atoms in total. The minimum Gasteiger partial charge on any atom is -0.388 e. The molecular weight excluding hydrogens is 949 g/mol. The largest absolute Gasteiger partial charge is 0.388 e. The average molecular weight is 1010 g/mol. The zero-order valence-electron chi connectivity index (χ0n) is 43.3. The van der Waals surface area contributed by atoms with Gasteiger partial charge in [-0.15, -0.1) is 0 Å².